The molecule has 0 radical (unpaired) electrons. The standard InChI is InChI=1S/C29H25F3N6O3/c1-4-37-24(17-8-10-22(11-9-17)38-16(2)35-36(3)28(38)41)14-20-13-21(29(30,31)32)15-23(25(20)37)34-27(40)19-7-5-6-18(12-19)26(33)39/h5-15H,4H2,1-3H3,(H2,33,39)(H,34,40). The Kier molecular flexibility index (Phi) is 6.77. The van der Waals surface area contributed by atoms with E-state index in [0.717, 1.165) is 12.1 Å². The highest BCUT2D eigenvalue weighted by atomic mass is 19.4. The summed E-state index contributed by atoms with van der Waals surface area (Å²) in [6.45, 7) is 3.94. The van der Waals surface area contributed by atoms with E-state index in [2.05, 4.69) is 10.4 Å². The van der Waals surface area contributed by atoms with Gasteiger partial charge in [0, 0.05) is 35.8 Å². The summed E-state index contributed by atoms with van der Waals surface area (Å²) in [4.78, 5) is 37.1. The minimum absolute atomic E-state index is 0.0356. The lowest BCUT2D eigenvalue weighted by Crippen LogP contribution is -2.21. The molecule has 5 aromatic rings. The lowest BCUT2D eigenvalue weighted by molar-refractivity contribution is -0.137. The number of benzene rings is 3. The minimum Gasteiger partial charge on any atom is -0.366 e. The fourth-order valence-electron chi connectivity index (χ4n) is 4.91. The molecule has 0 spiro atoms. The number of alkyl halides is 3. The van der Waals surface area contributed by atoms with Crippen molar-refractivity contribution in [2.45, 2.75) is 26.6 Å². The number of anilines is 1. The van der Waals surface area contributed by atoms with Gasteiger partial charge in [0.25, 0.3) is 5.91 Å². The van der Waals surface area contributed by atoms with E-state index in [-0.39, 0.29) is 27.9 Å². The number of amides is 2. The first-order valence-corrected chi connectivity index (χ1v) is 12.6. The molecule has 41 heavy (non-hydrogen) atoms. The molecule has 0 aliphatic carbocycles. The van der Waals surface area contributed by atoms with Gasteiger partial charge in [-0.3, -0.25) is 9.59 Å². The van der Waals surface area contributed by atoms with Gasteiger partial charge in [-0.1, -0.05) is 18.2 Å². The maximum Gasteiger partial charge on any atom is 0.416 e. The molecule has 2 aromatic heterocycles. The van der Waals surface area contributed by atoms with Gasteiger partial charge in [-0.2, -0.15) is 18.3 Å². The summed E-state index contributed by atoms with van der Waals surface area (Å²) in [5.41, 5.74) is 6.52. The van der Waals surface area contributed by atoms with Crippen molar-refractivity contribution in [1.29, 1.82) is 0 Å². The van der Waals surface area contributed by atoms with Crippen molar-refractivity contribution in [2.24, 2.45) is 12.8 Å². The molecule has 2 heterocycles. The fraction of sp³-hybridized carbons (Fsp3) is 0.172. The van der Waals surface area contributed by atoms with Crippen LogP contribution in [0.25, 0.3) is 27.8 Å². The number of carbonyl (C=O) groups excluding carboxylic acids is 2. The average molecular weight is 563 g/mol. The highest BCUT2D eigenvalue weighted by molar-refractivity contribution is 6.10. The topological polar surface area (TPSA) is 117 Å². The van der Waals surface area contributed by atoms with E-state index < -0.39 is 23.6 Å². The number of halogens is 3. The highest BCUT2D eigenvalue weighted by Gasteiger charge is 2.32. The molecular weight excluding hydrogens is 537 g/mol. The molecule has 0 aliphatic heterocycles. The van der Waals surface area contributed by atoms with Crippen LogP contribution in [-0.2, 0) is 19.8 Å². The Hall–Kier alpha value is -5.13. The molecule has 2 amide bonds. The van der Waals surface area contributed by atoms with Gasteiger partial charge in [-0.05, 0) is 67.9 Å². The zero-order valence-corrected chi connectivity index (χ0v) is 22.3. The second-order valence-corrected chi connectivity index (χ2v) is 9.47. The quantitative estimate of drug-likeness (QED) is 0.306. The van der Waals surface area contributed by atoms with Crippen molar-refractivity contribution in [2.75, 3.05) is 5.32 Å². The summed E-state index contributed by atoms with van der Waals surface area (Å²) in [5.74, 6) is -0.921. The van der Waals surface area contributed by atoms with Crippen molar-refractivity contribution < 1.29 is 22.8 Å². The Morgan fingerprint density at radius 3 is 2.27 bits per heavy atom. The molecule has 3 N–H and O–H groups in total. The first-order valence-electron chi connectivity index (χ1n) is 12.6. The Morgan fingerprint density at radius 2 is 1.68 bits per heavy atom. The smallest absolute Gasteiger partial charge is 0.366 e. The molecule has 0 saturated heterocycles. The third-order valence-corrected chi connectivity index (χ3v) is 6.80. The molecule has 12 heteroatoms. The van der Waals surface area contributed by atoms with Crippen LogP contribution in [0.15, 0.2) is 71.5 Å². The Labute approximate surface area is 231 Å². The zero-order chi connectivity index (χ0) is 29.6. The van der Waals surface area contributed by atoms with Gasteiger partial charge in [0.05, 0.1) is 22.5 Å². The van der Waals surface area contributed by atoms with Crippen LogP contribution >= 0.6 is 0 Å². The van der Waals surface area contributed by atoms with E-state index >= 15 is 0 Å². The first kappa shape index (κ1) is 27.4. The molecule has 0 atom stereocenters. The third kappa shape index (κ3) is 4.99. The van der Waals surface area contributed by atoms with Crippen molar-refractivity contribution >= 4 is 28.4 Å². The number of aromatic nitrogens is 4. The van der Waals surface area contributed by atoms with E-state index in [9.17, 15) is 27.6 Å². The van der Waals surface area contributed by atoms with E-state index in [1.165, 1.54) is 33.5 Å². The number of hydrogen-bond acceptors (Lipinski definition) is 4. The van der Waals surface area contributed by atoms with Crippen LogP contribution in [0.1, 0.15) is 39.0 Å². The fourth-order valence-corrected chi connectivity index (χ4v) is 4.91. The summed E-state index contributed by atoms with van der Waals surface area (Å²) in [5, 5.41) is 7.02. The number of fused-ring (bicyclic) bond motifs is 1. The summed E-state index contributed by atoms with van der Waals surface area (Å²) in [7, 11) is 1.56. The average Bonchev–Trinajstić information content (AvgIpc) is 3.43. The van der Waals surface area contributed by atoms with Crippen LogP contribution in [0, 0.1) is 6.92 Å². The van der Waals surface area contributed by atoms with Gasteiger partial charge in [0.15, 0.2) is 0 Å². The van der Waals surface area contributed by atoms with E-state index in [0.29, 0.717) is 34.8 Å². The maximum atomic E-state index is 13.9. The second kappa shape index (κ2) is 10.1. The third-order valence-electron chi connectivity index (χ3n) is 6.80. The number of rotatable bonds is 6. The Bertz CT molecular complexity index is 1880. The predicted molar refractivity (Wildman–Crippen MR) is 148 cm³/mol. The summed E-state index contributed by atoms with van der Waals surface area (Å²) >= 11 is 0. The molecule has 210 valence electrons. The molecule has 0 fully saturated rings. The van der Waals surface area contributed by atoms with Crippen molar-refractivity contribution in [3.63, 3.8) is 0 Å². The zero-order valence-electron chi connectivity index (χ0n) is 22.3. The largest absolute Gasteiger partial charge is 0.416 e. The van der Waals surface area contributed by atoms with Gasteiger partial charge in [-0.15, -0.1) is 0 Å². The summed E-state index contributed by atoms with van der Waals surface area (Å²) in [6, 6.07) is 16.2. The predicted octanol–water partition coefficient (Wildman–Crippen LogP) is 4.89. The monoisotopic (exact) mass is 562 g/mol. The van der Waals surface area contributed by atoms with Gasteiger partial charge in [0.2, 0.25) is 5.91 Å². The van der Waals surface area contributed by atoms with Crippen LogP contribution in [0.2, 0.25) is 0 Å². The molecule has 0 saturated carbocycles. The molecule has 5 rings (SSSR count). The van der Waals surface area contributed by atoms with Crippen molar-refractivity contribution in [1.82, 2.24) is 18.9 Å². The normalized spacial score (nSPS) is 11.7. The summed E-state index contributed by atoms with van der Waals surface area (Å²) < 4.78 is 46.1. The SMILES string of the molecule is CCn1c(-c2ccc(-n3c(C)nn(C)c3=O)cc2)cc2cc(C(F)(F)F)cc(NC(=O)c3cccc(C(N)=O)c3)c21. The number of carbonyl (C=O) groups is 2. The van der Waals surface area contributed by atoms with Gasteiger partial charge >= 0.3 is 11.9 Å². The maximum absolute atomic E-state index is 13.9. The molecule has 9 nitrogen and oxygen atoms in total. The molecule has 3 aromatic carbocycles. The molecule has 0 aliphatic rings. The van der Waals surface area contributed by atoms with Crippen LogP contribution in [0.4, 0.5) is 18.9 Å². The number of nitrogens with one attached hydrogen (secondary N) is 1. The van der Waals surface area contributed by atoms with E-state index in [1.54, 1.807) is 48.9 Å². The molecule has 0 bridgehead atoms. The summed E-state index contributed by atoms with van der Waals surface area (Å²) in [6.07, 6.45) is -4.66. The van der Waals surface area contributed by atoms with Crippen LogP contribution in [0.5, 0.6) is 0 Å². The van der Waals surface area contributed by atoms with Crippen LogP contribution in [-0.4, -0.2) is 30.7 Å². The van der Waals surface area contributed by atoms with E-state index in [4.69, 9.17) is 5.73 Å². The molecule has 0 unspecified atom stereocenters. The Balaban J connectivity index is 1.62. The minimum atomic E-state index is -4.66. The first-order chi connectivity index (χ1) is 19.4. The van der Waals surface area contributed by atoms with Gasteiger partial charge in [-0.25, -0.2) is 14.0 Å². The lowest BCUT2D eigenvalue weighted by atomic mass is 10.1. The number of primary amides is 1. The van der Waals surface area contributed by atoms with E-state index in [1.807, 2.05) is 6.92 Å². The highest BCUT2D eigenvalue weighted by Crippen LogP contribution is 2.39. The number of nitrogens with two attached hydrogens (primary N) is 1. The lowest BCUT2D eigenvalue weighted by Gasteiger charge is -2.15. The number of hydrogen-bond donors (Lipinski definition) is 2. The van der Waals surface area contributed by atoms with Crippen LogP contribution in [0.3, 0.4) is 0 Å². The Morgan fingerprint density at radius 1 is 1.00 bits per heavy atom. The van der Waals surface area contributed by atoms with Crippen molar-refractivity contribution in [3.05, 3.63) is 99.7 Å². The van der Waals surface area contributed by atoms with Gasteiger partial charge < -0.3 is 15.6 Å². The molecular formula is C29H25F3N6O3. The van der Waals surface area contributed by atoms with Gasteiger partial charge in [0.1, 0.15) is 5.82 Å². The van der Waals surface area contributed by atoms with Crippen molar-refractivity contribution in [3.8, 4) is 16.9 Å². The number of nitrogens with zero attached hydrogens (tertiary/aromatic N) is 4. The second-order valence-electron chi connectivity index (χ2n) is 9.47. The number of aryl methyl sites for hydroxylation is 3. The van der Waals surface area contributed by atoms with Crippen LogP contribution < -0.4 is 16.7 Å².